The first kappa shape index (κ1) is 13.6. The number of aryl methyl sites for hydroxylation is 1. The second-order valence-corrected chi connectivity index (χ2v) is 4.85. The Morgan fingerprint density at radius 3 is 3.00 bits per heavy atom. The predicted octanol–water partition coefficient (Wildman–Crippen LogP) is 1.44. The zero-order chi connectivity index (χ0) is 13.7. The largest absolute Gasteiger partial charge is 0.481 e. The lowest BCUT2D eigenvalue weighted by Gasteiger charge is -2.06. The molecule has 2 heterocycles. The van der Waals surface area contributed by atoms with Crippen LogP contribution < -0.4 is 0 Å². The van der Waals surface area contributed by atoms with Gasteiger partial charge in [-0.2, -0.15) is 0 Å². The van der Waals surface area contributed by atoms with Crippen LogP contribution in [0, 0.1) is 0 Å². The van der Waals surface area contributed by atoms with Crippen LogP contribution in [0.3, 0.4) is 0 Å². The molecule has 0 aliphatic rings. The number of aromatic nitrogens is 4. The molecule has 0 aromatic carbocycles. The molecule has 0 atom stereocenters. The van der Waals surface area contributed by atoms with Gasteiger partial charge in [-0.05, 0) is 6.42 Å². The molecule has 19 heavy (non-hydrogen) atoms. The molecule has 2 rings (SSSR count). The number of hydrogen-bond acceptors (Lipinski definition) is 6. The third-order valence-electron chi connectivity index (χ3n) is 2.40. The number of carboxylic acid groups (broad SMARTS) is 1. The Morgan fingerprint density at radius 1 is 1.53 bits per heavy atom. The maximum Gasteiger partial charge on any atom is 0.313 e. The van der Waals surface area contributed by atoms with Gasteiger partial charge in [0.15, 0.2) is 5.16 Å². The number of aliphatic carboxylic acids is 1. The third kappa shape index (κ3) is 3.57. The van der Waals surface area contributed by atoms with Crippen molar-refractivity contribution in [2.24, 2.45) is 0 Å². The maximum atomic E-state index is 10.6. The minimum atomic E-state index is -0.877. The minimum absolute atomic E-state index is 0.0386. The van der Waals surface area contributed by atoms with Crippen LogP contribution >= 0.6 is 11.8 Å². The van der Waals surface area contributed by atoms with Crippen molar-refractivity contribution in [3.05, 3.63) is 23.8 Å². The van der Waals surface area contributed by atoms with Crippen LogP contribution in [0.2, 0.25) is 0 Å². The van der Waals surface area contributed by atoms with E-state index >= 15 is 0 Å². The second-order valence-electron chi connectivity index (χ2n) is 3.91. The van der Waals surface area contributed by atoms with E-state index in [0.717, 1.165) is 36.1 Å². The highest BCUT2D eigenvalue weighted by molar-refractivity contribution is 7.99. The van der Waals surface area contributed by atoms with Crippen molar-refractivity contribution in [3.63, 3.8) is 0 Å². The zero-order valence-electron chi connectivity index (χ0n) is 10.4. The minimum Gasteiger partial charge on any atom is -0.481 e. The molecule has 0 spiro atoms. The molecule has 0 amide bonds. The van der Waals surface area contributed by atoms with Crippen molar-refractivity contribution in [1.29, 1.82) is 0 Å². The Bertz CT molecular complexity index is 538. The molecular formula is C11H14N4O3S. The van der Waals surface area contributed by atoms with E-state index in [9.17, 15) is 4.79 Å². The fourth-order valence-corrected chi connectivity index (χ4v) is 2.28. The molecule has 0 aliphatic heterocycles. The summed E-state index contributed by atoms with van der Waals surface area (Å²) in [5, 5.41) is 21.3. The SMILES string of the molecule is CCCc1nnc(SCC(=O)O)n1Cc1ccon1. The quantitative estimate of drug-likeness (QED) is 0.768. The smallest absolute Gasteiger partial charge is 0.313 e. The monoisotopic (exact) mass is 282 g/mol. The highest BCUT2D eigenvalue weighted by Crippen LogP contribution is 2.19. The Balaban J connectivity index is 2.19. The summed E-state index contributed by atoms with van der Waals surface area (Å²) in [7, 11) is 0. The fourth-order valence-electron chi connectivity index (χ4n) is 1.60. The van der Waals surface area contributed by atoms with Gasteiger partial charge in [0.1, 0.15) is 17.8 Å². The predicted molar refractivity (Wildman–Crippen MR) is 68.0 cm³/mol. The van der Waals surface area contributed by atoms with Crippen LogP contribution in [-0.4, -0.2) is 36.7 Å². The topological polar surface area (TPSA) is 94.0 Å². The number of nitrogens with zero attached hydrogens (tertiary/aromatic N) is 4. The summed E-state index contributed by atoms with van der Waals surface area (Å²) >= 11 is 1.16. The fraction of sp³-hybridized carbons (Fsp3) is 0.455. The van der Waals surface area contributed by atoms with Gasteiger partial charge >= 0.3 is 5.97 Å². The van der Waals surface area contributed by atoms with Crippen molar-refractivity contribution in [2.75, 3.05) is 5.75 Å². The molecule has 0 unspecified atom stereocenters. The molecule has 0 aliphatic carbocycles. The van der Waals surface area contributed by atoms with Crippen LogP contribution in [0.1, 0.15) is 24.9 Å². The van der Waals surface area contributed by atoms with Crippen molar-refractivity contribution in [2.45, 2.75) is 31.5 Å². The third-order valence-corrected chi connectivity index (χ3v) is 3.35. The molecular weight excluding hydrogens is 268 g/mol. The van der Waals surface area contributed by atoms with E-state index in [1.807, 2.05) is 4.57 Å². The summed E-state index contributed by atoms with van der Waals surface area (Å²) in [4.78, 5) is 10.6. The number of carboxylic acids is 1. The van der Waals surface area contributed by atoms with Crippen molar-refractivity contribution < 1.29 is 14.4 Å². The molecule has 1 N–H and O–H groups in total. The lowest BCUT2D eigenvalue weighted by Crippen LogP contribution is -2.08. The Morgan fingerprint density at radius 2 is 2.37 bits per heavy atom. The van der Waals surface area contributed by atoms with E-state index < -0.39 is 5.97 Å². The van der Waals surface area contributed by atoms with Gasteiger partial charge < -0.3 is 9.63 Å². The zero-order valence-corrected chi connectivity index (χ0v) is 11.3. The van der Waals surface area contributed by atoms with Crippen LogP contribution in [0.15, 0.2) is 22.0 Å². The van der Waals surface area contributed by atoms with E-state index in [0.29, 0.717) is 11.7 Å². The van der Waals surface area contributed by atoms with E-state index in [-0.39, 0.29) is 5.75 Å². The summed E-state index contributed by atoms with van der Waals surface area (Å²) < 4.78 is 6.68. The van der Waals surface area contributed by atoms with Gasteiger partial charge in [0, 0.05) is 12.5 Å². The lowest BCUT2D eigenvalue weighted by molar-refractivity contribution is -0.133. The van der Waals surface area contributed by atoms with E-state index in [2.05, 4.69) is 22.3 Å². The highest BCUT2D eigenvalue weighted by Gasteiger charge is 2.14. The summed E-state index contributed by atoms with van der Waals surface area (Å²) in [5.74, 6) is -0.0836. The Hall–Kier alpha value is -1.83. The van der Waals surface area contributed by atoms with Crippen LogP contribution in [0.5, 0.6) is 0 Å². The molecule has 0 bridgehead atoms. The van der Waals surface area contributed by atoms with Gasteiger partial charge in [0.2, 0.25) is 0 Å². The first-order chi connectivity index (χ1) is 9.20. The van der Waals surface area contributed by atoms with Gasteiger partial charge in [0.25, 0.3) is 0 Å². The van der Waals surface area contributed by atoms with Crippen molar-refractivity contribution in [1.82, 2.24) is 19.9 Å². The number of carbonyl (C=O) groups is 1. The number of rotatable bonds is 7. The normalized spacial score (nSPS) is 10.8. The molecule has 0 radical (unpaired) electrons. The molecule has 2 aromatic heterocycles. The first-order valence-electron chi connectivity index (χ1n) is 5.86. The average molecular weight is 282 g/mol. The van der Waals surface area contributed by atoms with Gasteiger partial charge in [-0.15, -0.1) is 10.2 Å². The Labute approximate surface area is 114 Å². The van der Waals surface area contributed by atoms with E-state index in [1.165, 1.54) is 6.26 Å². The van der Waals surface area contributed by atoms with Gasteiger partial charge in [-0.1, -0.05) is 23.8 Å². The Kier molecular flexibility index (Phi) is 4.56. The second kappa shape index (κ2) is 6.37. The standard InChI is InChI=1S/C11H14N4O3S/c1-2-3-9-12-13-11(19-7-10(16)17)15(9)6-8-4-5-18-14-8/h4-5H,2-3,6-7H2,1H3,(H,16,17). The molecule has 102 valence electrons. The van der Waals surface area contributed by atoms with Gasteiger partial charge in [0.05, 0.1) is 12.3 Å². The van der Waals surface area contributed by atoms with Crippen LogP contribution in [0.25, 0.3) is 0 Å². The summed E-state index contributed by atoms with van der Waals surface area (Å²) in [6.45, 7) is 2.54. The van der Waals surface area contributed by atoms with Gasteiger partial charge in [-0.25, -0.2) is 0 Å². The number of thioether (sulfide) groups is 1. The number of hydrogen-bond donors (Lipinski definition) is 1. The van der Waals surface area contributed by atoms with Crippen molar-refractivity contribution >= 4 is 17.7 Å². The van der Waals surface area contributed by atoms with Gasteiger partial charge in [-0.3, -0.25) is 9.36 Å². The van der Waals surface area contributed by atoms with E-state index in [1.54, 1.807) is 6.07 Å². The summed E-state index contributed by atoms with van der Waals surface area (Å²) in [6.07, 6.45) is 3.24. The lowest BCUT2D eigenvalue weighted by atomic mass is 10.3. The molecule has 8 heteroatoms. The highest BCUT2D eigenvalue weighted by atomic mass is 32.2. The average Bonchev–Trinajstić information content (AvgIpc) is 2.99. The summed E-state index contributed by atoms with van der Waals surface area (Å²) in [6, 6.07) is 1.77. The summed E-state index contributed by atoms with van der Waals surface area (Å²) in [5.41, 5.74) is 0.759. The van der Waals surface area contributed by atoms with Crippen LogP contribution in [-0.2, 0) is 17.8 Å². The first-order valence-corrected chi connectivity index (χ1v) is 6.85. The molecule has 2 aromatic rings. The van der Waals surface area contributed by atoms with Crippen molar-refractivity contribution in [3.8, 4) is 0 Å². The van der Waals surface area contributed by atoms with E-state index in [4.69, 9.17) is 9.63 Å². The molecule has 7 nitrogen and oxygen atoms in total. The molecule has 0 saturated carbocycles. The molecule has 0 saturated heterocycles. The maximum absolute atomic E-state index is 10.6. The molecule has 0 fully saturated rings. The van der Waals surface area contributed by atoms with Crippen LogP contribution in [0.4, 0.5) is 0 Å².